The molecule has 0 heterocycles. The normalized spacial score (nSPS) is 10.8. The fourth-order valence-electron chi connectivity index (χ4n) is 1.28. The summed E-state index contributed by atoms with van der Waals surface area (Å²) < 4.78 is 0.855. The maximum atomic E-state index is 3.24. The third kappa shape index (κ3) is 7.89. The average Bonchev–Trinajstić information content (AvgIpc) is 1.95. The Bertz CT molecular complexity index is 244. The maximum Gasteiger partial charge on any atom is 0.144 e. The maximum absolute atomic E-state index is 3.24. The van der Waals surface area contributed by atoms with Gasteiger partial charge in [0.25, 0.3) is 0 Å². The largest absolute Gasteiger partial charge is 0.292 e. The van der Waals surface area contributed by atoms with Crippen LogP contribution in [-0.4, -0.2) is 25.1 Å². The van der Waals surface area contributed by atoms with Crippen molar-refractivity contribution in [2.24, 2.45) is 5.92 Å². The standard InChI is InChI=1S/C13H24N/c1-12(2)9-7-8-10-14(5,6)11-13(3)4/h11-12H,9-10H2,1-6H3/q+1. The minimum Gasteiger partial charge on any atom is -0.292 e. The molecule has 0 bridgehead atoms. The van der Waals surface area contributed by atoms with Crippen molar-refractivity contribution in [3.8, 4) is 11.8 Å². The van der Waals surface area contributed by atoms with Gasteiger partial charge < -0.3 is 0 Å². The molecule has 1 heteroatoms. The highest BCUT2D eigenvalue weighted by Gasteiger charge is 2.08. The molecule has 0 N–H and O–H groups in total. The van der Waals surface area contributed by atoms with Crippen LogP contribution in [0.1, 0.15) is 34.1 Å². The second kappa shape index (κ2) is 5.88. The van der Waals surface area contributed by atoms with Gasteiger partial charge in [-0.05, 0) is 31.3 Å². The molecule has 0 saturated heterocycles. The lowest BCUT2D eigenvalue weighted by Crippen LogP contribution is -2.33. The summed E-state index contributed by atoms with van der Waals surface area (Å²) in [6.07, 6.45) is 3.25. The van der Waals surface area contributed by atoms with E-state index < -0.39 is 0 Å². The Morgan fingerprint density at radius 2 is 1.79 bits per heavy atom. The zero-order valence-electron chi connectivity index (χ0n) is 10.5. The molecule has 80 valence electrons. The molecule has 0 saturated carbocycles. The summed E-state index contributed by atoms with van der Waals surface area (Å²) in [6.45, 7) is 9.55. The number of hydrogen-bond donors (Lipinski definition) is 0. The van der Waals surface area contributed by atoms with Gasteiger partial charge in [0.2, 0.25) is 0 Å². The van der Waals surface area contributed by atoms with E-state index in [9.17, 15) is 0 Å². The van der Waals surface area contributed by atoms with Crippen LogP contribution in [0.15, 0.2) is 11.8 Å². The van der Waals surface area contributed by atoms with E-state index >= 15 is 0 Å². The Kier molecular flexibility index (Phi) is 5.57. The van der Waals surface area contributed by atoms with Gasteiger partial charge in [0.05, 0.1) is 20.3 Å². The Morgan fingerprint density at radius 3 is 2.21 bits per heavy atom. The molecule has 0 aliphatic heterocycles. The van der Waals surface area contributed by atoms with Gasteiger partial charge in [-0.1, -0.05) is 19.8 Å². The predicted octanol–water partition coefficient (Wildman–Crippen LogP) is 3.04. The lowest BCUT2D eigenvalue weighted by Gasteiger charge is -2.22. The van der Waals surface area contributed by atoms with Gasteiger partial charge in [0.15, 0.2) is 0 Å². The zero-order valence-corrected chi connectivity index (χ0v) is 10.5. The second-order valence-electron chi connectivity index (χ2n) is 5.09. The summed E-state index contributed by atoms with van der Waals surface area (Å²) in [4.78, 5) is 0. The number of allylic oxidation sites excluding steroid dienone is 1. The second-order valence-corrected chi connectivity index (χ2v) is 5.09. The smallest absolute Gasteiger partial charge is 0.144 e. The van der Waals surface area contributed by atoms with E-state index in [0.29, 0.717) is 5.92 Å². The number of nitrogens with zero attached hydrogens (tertiary/aromatic N) is 1. The first-order chi connectivity index (χ1) is 6.33. The molecule has 0 aromatic rings. The van der Waals surface area contributed by atoms with Crippen molar-refractivity contribution in [1.82, 2.24) is 0 Å². The van der Waals surface area contributed by atoms with Crippen molar-refractivity contribution in [2.75, 3.05) is 20.6 Å². The number of quaternary nitrogens is 1. The Balaban J connectivity index is 4.09. The Labute approximate surface area is 89.4 Å². The van der Waals surface area contributed by atoms with Crippen LogP contribution in [0.4, 0.5) is 0 Å². The molecule has 0 fully saturated rings. The molecule has 0 radical (unpaired) electrons. The Morgan fingerprint density at radius 1 is 1.21 bits per heavy atom. The third-order valence-electron chi connectivity index (χ3n) is 1.73. The molecule has 0 aliphatic rings. The quantitative estimate of drug-likeness (QED) is 0.478. The molecule has 1 nitrogen and oxygen atoms in total. The van der Waals surface area contributed by atoms with Gasteiger partial charge >= 0.3 is 0 Å². The van der Waals surface area contributed by atoms with Crippen LogP contribution in [0.2, 0.25) is 0 Å². The highest BCUT2D eigenvalue weighted by atomic mass is 15.3. The van der Waals surface area contributed by atoms with E-state index in [2.05, 4.69) is 59.8 Å². The van der Waals surface area contributed by atoms with Gasteiger partial charge in [-0.2, -0.15) is 0 Å². The number of rotatable bonds is 3. The van der Waals surface area contributed by atoms with Crippen LogP contribution >= 0.6 is 0 Å². The number of hydrogen-bond acceptors (Lipinski definition) is 0. The molecular weight excluding hydrogens is 170 g/mol. The van der Waals surface area contributed by atoms with Gasteiger partial charge in [-0.15, -0.1) is 0 Å². The van der Waals surface area contributed by atoms with Crippen LogP contribution in [0.25, 0.3) is 0 Å². The lowest BCUT2D eigenvalue weighted by molar-refractivity contribution is -0.831. The first kappa shape index (κ1) is 13.3. The van der Waals surface area contributed by atoms with Crippen molar-refractivity contribution in [3.63, 3.8) is 0 Å². The van der Waals surface area contributed by atoms with Gasteiger partial charge in [-0.3, -0.25) is 4.48 Å². The lowest BCUT2D eigenvalue weighted by atomic mass is 10.1. The van der Waals surface area contributed by atoms with E-state index in [4.69, 9.17) is 0 Å². The van der Waals surface area contributed by atoms with E-state index in [1.54, 1.807) is 0 Å². The predicted molar refractivity (Wildman–Crippen MR) is 63.6 cm³/mol. The van der Waals surface area contributed by atoms with Crippen LogP contribution in [0, 0.1) is 17.8 Å². The molecule has 0 unspecified atom stereocenters. The summed E-state index contributed by atoms with van der Waals surface area (Å²) in [5.74, 6) is 7.14. The van der Waals surface area contributed by atoms with E-state index in [0.717, 1.165) is 17.4 Å². The van der Waals surface area contributed by atoms with E-state index in [1.807, 2.05) is 0 Å². The highest BCUT2D eigenvalue weighted by Crippen LogP contribution is 2.02. The molecular formula is C13H24N+. The molecule has 0 aliphatic carbocycles. The minimum absolute atomic E-state index is 0.682. The first-order valence-corrected chi connectivity index (χ1v) is 5.28. The average molecular weight is 194 g/mol. The third-order valence-corrected chi connectivity index (χ3v) is 1.73. The van der Waals surface area contributed by atoms with Crippen molar-refractivity contribution >= 4 is 0 Å². The van der Waals surface area contributed by atoms with E-state index in [1.165, 1.54) is 5.57 Å². The fourth-order valence-corrected chi connectivity index (χ4v) is 1.28. The van der Waals surface area contributed by atoms with Crippen LogP contribution in [0.5, 0.6) is 0 Å². The molecule has 0 aromatic carbocycles. The Hall–Kier alpha value is -0.740. The van der Waals surface area contributed by atoms with Crippen molar-refractivity contribution in [2.45, 2.75) is 34.1 Å². The summed E-state index contributed by atoms with van der Waals surface area (Å²) in [5.41, 5.74) is 1.35. The molecule has 0 amide bonds. The van der Waals surface area contributed by atoms with Crippen LogP contribution < -0.4 is 0 Å². The SMILES string of the molecule is CC(C)=C[N+](C)(C)CC#CCC(C)C. The van der Waals surface area contributed by atoms with Gasteiger partial charge in [0, 0.05) is 6.42 Å². The van der Waals surface area contributed by atoms with Crippen molar-refractivity contribution < 1.29 is 4.48 Å². The topological polar surface area (TPSA) is 0 Å². The summed E-state index contributed by atoms with van der Waals surface area (Å²) in [6, 6.07) is 0. The summed E-state index contributed by atoms with van der Waals surface area (Å²) >= 11 is 0. The zero-order chi connectivity index (χ0) is 11.2. The summed E-state index contributed by atoms with van der Waals surface area (Å²) in [5, 5.41) is 0. The highest BCUT2D eigenvalue weighted by molar-refractivity contribution is 5.00. The van der Waals surface area contributed by atoms with Crippen LogP contribution in [-0.2, 0) is 0 Å². The summed E-state index contributed by atoms with van der Waals surface area (Å²) in [7, 11) is 4.36. The van der Waals surface area contributed by atoms with Gasteiger partial charge in [-0.25, -0.2) is 0 Å². The fraction of sp³-hybridized carbons (Fsp3) is 0.692. The first-order valence-electron chi connectivity index (χ1n) is 5.28. The monoisotopic (exact) mass is 194 g/mol. The minimum atomic E-state index is 0.682. The molecule has 0 spiro atoms. The molecule has 14 heavy (non-hydrogen) atoms. The van der Waals surface area contributed by atoms with Gasteiger partial charge in [0.1, 0.15) is 6.54 Å². The molecule has 0 atom stereocenters. The van der Waals surface area contributed by atoms with Crippen molar-refractivity contribution in [1.29, 1.82) is 0 Å². The van der Waals surface area contributed by atoms with Crippen molar-refractivity contribution in [3.05, 3.63) is 11.8 Å². The molecule has 0 aromatic heterocycles. The molecule has 0 rings (SSSR count). The van der Waals surface area contributed by atoms with Crippen LogP contribution in [0.3, 0.4) is 0 Å². The van der Waals surface area contributed by atoms with E-state index in [-0.39, 0.29) is 0 Å².